The summed E-state index contributed by atoms with van der Waals surface area (Å²) in [5.74, 6) is 1.24. The molecule has 0 radical (unpaired) electrons. The van der Waals surface area contributed by atoms with Crippen molar-refractivity contribution in [2.45, 2.75) is 26.5 Å². The molecular formula is C23H30Cl2N2O3. The van der Waals surface area contributed by atoms with E-state index in [1.165, 1.54) is 0 Å². The zero-order chi connectivity index (χ0) is 21.2. The molecule has 0 aromatic heterocycles. The van der Waals surface area contributed by atoms with Gasteiger partial charge in [-0.1, -0.05) is 35.3 Å². The number of benzene rings is 2. The molecule has 0 atom stereocenters. The van der Waals surface area contributed by atoms with Crippen molar-refractivity contribution >= 4 is 23.2 Å². The Morgan fingerprint density at radius 2 is 1.80 bits per heavy atom. The summed E-state index contributed by atoms with van der Waals surface area (Å²) in [5, 5.41) is 4.75. The van der Waals surface area contributed by atoms with Gasteiger partial charge in [0.2, 0.25) is 0 Å². The topological polar surface area (TPSA) is 43.0 Å². The summed E-state index contributed by atoms with van der Waals surface area (Å²) in [6.07, 6.45) is 1.11. The number of ether oxygens (including phenoxy) is 3. The molecule has 0 bridgehead atoms. The van der Waals surface area contributed by atoms with Gasteiger partial charge in [0.25, 0.3) is 0 Å². The Morgan fingerprint density at radius 3 is 2.53 bits per heavy atom. The fraction of sp³-hybridized carbons (Fsp3) is 0.478. The number of halogens is 2. The molecule has 1 fully saturated rings. The normalized spacial score (nSPS) is 14.6. The number of rotatable bonds is 11. The zero-order valence-corrected chi connectivity index (χ0v) is 19.0. The first-order chi connectivity index (χ1) is 14.7. The van der Waals surface area contributed by atoms with Crippen molar-refractivity contribution < 1.29 is 14.2 Å². The van der Waals surface area contributed by atoms with Crippen LogP contribution < -0.4 is 14.8 Å². The minimum Gasteiger partial charge on any atom is -0.490 e. The summed E-state index contributed by atoms with van der Waals surface area (Å²) in [6.45, 7) is 9.44. The SMILES string of the molecule is CCOc1cc(CNCCCN2CCOCC2)cc(Cl)c1OCc1ccc(Cl)cc1. The van der Waals surface area contributed by atoms with Crippen LogP contribution in [0, 0.1) is 0 Å². The molecule has 0 unspecified atom stereocenters. The summed E-state index contributed by atoms with van der Waals surface area (Å²) >= 11 is 12.5. The summed E-state index contributed by atoms with van der Waals surface area (Å²) < 4.78 is 17.2. The molecule has 1 saturated heterocycles. The molecule has 0 spiro atoms. The molecule has 1 heterocycles. The maximum Gasteiger partial charge on any atom is 0.180 e. The molecule has 1 aliphatic heterocycles. The molecule has 7 heteroatoms. The van der Waals surface area contributed by atoms with Crippen molar-refractivity contribution in [3.05, 3.63) is 57.6 Å². The van der Waals surface area contributed by atoms with Crippen molar-refractivity contribution in [2.75, 3.05) is 46.0 Å². The van der Waals surface area contributed by atoms with Gasteiger partial charge in [-0.3, -0.25) is 4.90 Å². The number of morpholine rings is 1. The van der Waals surface area contributed by atoms with Crippen molar-refractivity contribution in [3.8, 4) is 11.5 Å². The molecule has 0 aliphatic carbocycles. The quantitative estimate of drug-likeness (QED) is 0.496. The first-order valence-corrected chi connectivity index (χ1v) is 11.2. The van der Waals surface area contributed by atoms with E-state index in [9.17, 15) is 0 Å². The molecule has 164 valence electrons. The van der Waals surface area contributed by atoms with E-state index in [0.29, 0.717) is 34.8 Å². The lowest BCUT2D eigenvalue weighted by atomic mass is 10.2. The Bertz CT molecular complexity index is 781. The molecule has 2 aromatic rings. The maximum absolute atomic E-state index is 6.53. The highest BCUT2D eigenvalue weighted by atomic mass is 35.5. The molecule has 1 aliphatic rings. The molecule has 3 rings (SSSR count). The van der Waals surface area contributed by atoms with Crippen molar-refractivity contribution in [3.63, 3.8) is 0 Å². The standard InChI is InChI=1S/C23H30Cl2N2O3/c1-2-29-22-15-19(16-26-8-3-9-27-10-12-28-13-11-27)14-21(25)23(22)30-17-18-4-6-20(24)7-5-18/h4-7,14-15,26H,2-3,8-13,16-17H2,1H3. The summed E-state index contributed by atoms with van der Waals surface area (Å²) in [6, 6.07) is 11.5. The lowest BCUT2D eigenvalue weighted by molar-refractivity contribution is 0.0374. The zero-order valence-electron chi connectivity index (χ0n) is 17.5. The highest BCUT2D eigenvalue weighted by molar-refractivity contribution is 6.32. The average molecular weight is 453 g/mol. The molecule has 0 amide bonds. The summed E-state index contributed by atoms with van der Waals surface area (Å²) in [5.41, 5.74) is 2.09. The van der Waals surface area contributed by atoms with Crippen LogP contribution in [0.25, 0.3) is 0 Å². The Labute approximate surface area is 189 Å². The Morgan fingerprint density at radius 1 is 1.03 bits per heavy atom. The fourth-order valence-electron chi connectivity index (χ4n) is 3.35. The van der Waals surface area contributed by atoms with Gasteiger partial charge in [0.15, 0.2) is 11.5 Å². The minimum atomic E-state index is 0.399. The van der Waals surface area contributed by atoms with E-state index in [-0.39, 0.29) is 0 Å². The highest BCUT2D eigenvalue weighted by Gasteiger charge is 2.13. The van der Waals surface area contributed by atoms with E-state index >= 15 is 0 Å². The third-order valence-corrected chi connectivity index (χ3v) is 5.46. The molecule has 2 aromatic carbocycles. The third kappa shape index (κ3) is 7.33. The van der Waals surface area contributed by atoms with Crippen LogP contribution in [0.4, 0.5) is 0 Å². The minimum absolute atomic E-state index is 0.399. The second kappa shape index (κ2) is 12.4. The molecule has 0 saturated carbocycles. The second-order valence-corrected chi connectivity index (χ2v) is 8.08. The Hall–Kier alpha value is -1.50. The van der Waals surface area contributed by atoms with Crippen LogP contribution >= 0.6 is 23.2 Å². The maximum atomic E-state index is 6.53. The van der Waals surface area contributed by atoms with Gasteiger partial charge < -0.3 is 19.5 Å². The van der Waals surface area contributed by atoms with Crippen LogP contribution in [0.2, 0.25) is 10.0 Å². The van der Waals surface area contributed by atoms with Gasteiger partial charge in [-0.15, -0.1) is 0 Å². The van der Waals surface area contributed by atoms with Gasteiger partial charge in [-0.25, -0.2) is 0 Å². The average Bonchev–Trinajstić information content (AvgIpc) is 2.75. The van der Waals surface area contributed by atoms with Gasteiger partial charge >= 0.3 is 0 Å². The first kappa shape index (κ1) is 23.2. The van der Waals surface area contributed by atoms with E-state index in [1.54, 1.807) is 0 Å². The van der Waals surface area contributed by atoms with E-state index in [4.69, 9.17) is 37.4 Å². The van der Waals surface area contributed by atoms with E-state index < -0.39 is 0 Å². The molecule has 5 nitrogen and oxygen atoms in total. The van der Waals surface area contributed by atoms with Gasteiger partial charge in [0, 0.05) is 24.7 Å². The summed E-state index contributed by atoms with van der Waals surface area (Å²) in [4.78, 5) is 2.45. The second-order valence-electron chi connectivity index (χ2n) is 7.24. The molecule has 1 N–H and O–H groups in total. The van der Waals surface area contributed by atoms with E-state index in [1.807, 2.05) is 43.3 Å². The Balaban J connectivity index is 1.52. The lowest BCUT2D eigenvalue weighted by Crippen LogP contribution is -2.37. The molecule has 30 heavy (non-hydrogen) atoms. The van der Waals surface area contributed by atoms with Crippen molar-refractivity contribution in [2.24, 2.45) is 0 Å². The Kier molecular flexibility index (Phi) is 9.56. The van der Waals surface area contributed by atoms with Crippen molar-refractivity contribution in [1.82, 2.24) is 10.2 Å². The van der Waals surface area contributed by atoms with Crippen LogP contribution in [-0.4, -0.2) is 50.9 Å². The van der Waals surface area contributed by atoms with Crippen LogP contribution in [0.1, 0.15) is 24.5 Å². The number of nitrogens with zero attached hydrogens (tertiary/aromatic N) is 1. The summed E-state index contributed by atoms with van der Waals surface area (Å²) in [7, 11) is 0. The number of nitrogens with one attached hydrogen (secondary N) is 1. The van der Waals surface area contributed by atoms with E-state index in [0.717, 1.165) is 63.5 Å². The van der Waals surface area contributed by atoms with Gasteiger partial charge in [0.05, 0.1) is 24.8 Å². The van der Waals surface area contributed by atoms with Crippen molar-refractivity contribution in [1.29, 1.82) is 0 Å². The van der Waals surface area contributed by atoms with Gasteiger partial charge in [-0.2, -0.15) is 0 Å². The van der Waals surface area contributed by atoms with Gasteiger partial charge in [-0.05, 0) is 61.8 Å². The van der Waals surface area contributed by atoms with Gasteiger partial charge in [0.1, 0.15) is 6.61 Å². The van der Waals surface area contributed by atoms with Crippen LogP contribution in [0.3, 0.4) is 0 Å². The number of hydrogen-bond acceptors (Lipinski definition) is 5. The largest absolute Gasteiger partial charge is 0.490 e. The van der Waals surface area contributed by atoms with Crippen LogP contribution in [0.15, 0.2) is 36.4 Å². The predicted octanol–water partition coefficient (Wildman–Crippen LogP) is 4.78. The van der Waals surface area contributed by atoms with Crippen LogP contribution in [0.5, 0.6) is 11.5 Å². The third-order valence-electron chi connectivity index (χ3n) is 4.93. The first-order valence-electron chi connectivity index (χ1n) is 10.5. The monoisotopic (exact) mass is 452 g/mol. The molecular weight excluding hydrogens is 423 g/mol. The smallest absolute Gasteiger partial charge is 0.180 e. The highest BCUT2D eigenvalue weighted by Crippen LogP contribution is 2.37. The fourth-order valence-corrected chi connectivity index (χ4v) is 3.76. The lowest BCUT2D eigenvalue weighted by Gasteiger charge is -2.26. The predicted molar refractivity (Wildman–Crippen MR) is 122 cm³/mol. The van der Waals surface area contributed by atoms with E-state index in [2.05, 4.69) is 10.2 Å². The number of hydrogen-bond donors (Lipinski definition) is 1. The van der Waals surface area contributed by atoms with Crippen LogP contribution in [-0.2, 0) is 17.9 Å².